The Morgan fingerprint density at radius 2 is 2.00 bits per heavy atom. The Bertz CT molecular complexity index is 603. The number of hydrogen-bond acceptors (Lipinski definition) is 3. The smallest absolute Gasteiger partial charge is 0.218 e. The quantitative estimate of drug-likeness (QED) is 0.746. The molecule has 2 aromatic rings. The van der Waals surface area contributed by atoms with Crippen LogP contribution in [0.5, 0.6) is 5.88 Å². The van der Waals surface area contributed by atoms with Crippen molar-refractivity contribution >= 4 is 31.9 Å². The first kappa shape index (κ1) is 16.5. The van der Waals surface area contributed by atoms with Crippen LogP contribution in [0.3, 0.4) is 0 Å². The van der Waals surface area contributed by atoms with E-state index >= 15 is 0 Å². The molecule has 1 aromatic carbocycles. The highest BCUT2D eigenvalue weighted by Gasteiger charge is 2.08. The largest absolute Gasteiger partial charge is 0.473 e. The summed E-state index contributed by atoms with van der Waals surface area (Å²) in [4.78, 5) is 4.37. The summed E-state index contributed by atoms with van der Waals surface area (Å²) in [6.45, 7) is 5.47. The van der Waals surface area contributed by atoms with Crippen LogP contribution in [0.1, 0.15) is 25.0 Å². The molecule has 0 unspecified atom stereocenters. The molecule has 0 saturated carbocycles. The second kappa shape index (κ2) is 7.92. The van der Waals surface area contributed by atoms with Gasteiger partial charge in [-0.1, -0.05) is 41.9 Å². The minimum atomic E-state index is 0.418. The third-order valence-electron chi connectivity index (χ3n) is 2.86. The molecule has 0 aliphatic carbocycles. The number of ether oxygens (including phenoxy) is 1. The molecule has 0 spiro atoms. The summed E-state index contributed by atoms with van der Waals surface area (Å²) in [5, 5.41) is 3.39. The van der Waals surface area contributed by atoms with Gasteiger partial charge in [-0.25, -0.2) is 4.98 Å². The van der Waals surface area contributed by atoms with Gasteiger partial charge in [0.05, 0.1) is 0 Å². The normalized spacial score (nSPS) is 10.9. The van der Waals surface area contributed by atoms with Gasteiger partial charge in [-0.2, -0.15) is 0 Å². The van der Waals surface area contributed by atoms with Crippen LogP contribution in [0.25, 0.3) is 0 Å². The number of benzene rings is 1. The topological polar surface area (TPSA) is 34.2 Å². The summed E-state index contributed by atoms with van der Waals surface area (Å²) in [5.41, 5.74) is 2.16. The van der Waals surface area contributed by atoms with E-state index in [4.69, 9.17) is 4.74 Å². The second-order valence-corrected chi connectivity index (χ2v) is 6.90. The van der Waals surface area contributed by atoms with Gasteiger partial charge in [-0.15, -0.1) is 0 Å². The molecule has 0 aliphatic rings. The Balaban J connectivity index is 2.08. The predicted octanol–water partition coefficient (Wildman–Crippen LogP) is 4.68. The number of nitrogens with one attached hydrogen (secondary N) is 1. The predicted molar refractivity (Wildman–Crippen MR) is 92.4 cm³/mol. The highest BCUT2D eigenvalue weighted by Crippen LogP contribution is 2.21. The van der Waals surface area contributed by atoms with Crippen molar-refractivity contribution in [2.75, 3.05) is 0 Å². The fraction of sp³-hybridized carbons (Fsp3) is 0.312. The van der Waals surface area contributed by atoms with E-state index < -0.39 is 0 Å². The number of rotatable bonds is 6. The third kappa shape index (κ3) is 5.41. The van der Waals surface area contributed by atoms with Gasteiger partial charge in [-0.3, -0.25) is 0 Å². The number of nitrogens with zero attached hydrogens (tertiary/aromatic N) is 1. The molecule has 0 bridgehead atoms. The van der Waals surface area contributed by atoms with Crippen molar-refractivity contribution in [3.05, 3.63) is 56.6 Å². The zero-order chi connectivity index (χ0) is 15.2. The molecule has 112 valence electrons. The molecular weight excluding hydrogens is 396 g/mol. The van der Waals surface area contributed by atoms with Crippen LogP contribution < -0.4 is 10.1 Å². The van der Waals surface area contributed by atoms with Gasteiger partial charge in [0, 0.05) is 33.3 Å². The van der Waals surface area contributed by atoms with E-state index in [1.807, 2.05) is 30.3 Å². The van der Waals surface area contributed by atoms with E-state index in [0.29, 0.717) is 18.5 Å². The standard InChI is InChI=1S/C16H18Br2N2O/c1-11(2)19-8-13-7-15(18)9-20-16(13)21-10-12-4-3-5-14(17)6-12/h3-7,9,11,19H,8,10H2,1-2H3. The van der Waals surface area contributed by atoms with Crippen LogP contribution in [-0.4, -0.2) is 11.0 Å². The Labute approximate surface area is 142 Å². The van der Waals surface area contributed by atoms with Gasteiger partial charge >= 0.3 is 0 Å². The second-order valence-electron chi connectivity index (χ2n) is 5.07. The van der Waals surface area contributed by atoms with Gasteiger partial charge in [0.2, 0.25) is 5.88 Å². The summed E-state index contributed by atoms with van der Waals surface area (Å²) in [6, 6.07) is 10.5. The summed E-state index contributed by atoms with van der Waals surface area (Å²) >= 11 is 6.92. The maximum absolute atomic E-state index is 5.87. The number of pyridine rings is 1. The lowest BCUT2D eigenvalue weighted by Gasteiger charge is -2.13. The van der Waals surface area contributed by atoms with E-state index in [1.165, 1.54) is 0 Å². The minimum absolute atomic E-state index is 0.418. The lowest BCUT2D eigenvalue weighted by Crippen LogP contribution is -2.22. The zero-order valence-electron chi connectivity index (χ0n) is 12.1. The number of aromatic nitrogens is 1. The minimum Gasteiger partial charge on any atom is -0.473 e. The fourth-order valence-electron chi connectivity index (χ4n) is 1.82. The Hall–Kier alpha value is -0.910. The summed E-state index contributed by atoms with van der Waals surface area (Å²) in [6.07, 6.45) is 1.76. The van der Waals surface area contributed by atoms with Crippen molar-refractivity contribution in [3.63, 3.8) is 0 Å². The number of halogens is 2. The first-order valence-corrected chi connectivity index (χ1v) is 8.38. The molecule has 0 radical (unpaired) electrons. The van der Waals surface area contributed by atoms with Crippen molar-refractivity contribution < 1.29 is 4.74 Å². The molecule has 0 amide bonds. The van der Waals surface area contributed by atoms with Crippen LogP contribution in [0, 0.1) is 0 Å². The molecule has 1 heterocycles. The molecule has 1 N–H and O–H groups in total. The van der Waals surface area contributed by atoms with Crippen molar-refractivity contribution in [2.45, 2.75) is 33.0 Å². The van der Waals surface area contributed by atoms with Gasteiger partial charge < -0.3 is 10.1 Å². The first-order valence-electron chi connectivity index (χ1n) is 6.79. The molecule has 3 nitrogen and oxygen atoms in total. The molecule has 21 heavy (non-hydrogen) atoms. The zero-order valence-corrected chi connectivity index (χ0v) is 15.2. The molecular formula is C16H18Br2N2O. The van der Waals surface area contributed by atoms with Gasteiger partial charge in [0.1, 0.15) is 6.61 Å². The van der Waals surface area contributed by atoms with E-state index in [9.17, 15) is 0 Å². The summed E-state index contributed by atoms with van der Waals surface area (Å²) < 4.78 is 7.88. The van der Waals surface area contributed by atoms with Crippen LogP contribution >= 0.6 is 31.9 Å². The van der Waals surface area contributed by atoms with Gasteiger partial charge in [0.15, 0.2) is 0 Å². The van der Waals surface area contributed by atoms with Crippen LogP contribution in [-0.2, 0) is 13.2 Å². The highest BCUT2D eigenvalue weighted by atomic mass is 79.9. The average molecular weight is 414 g/mol. The van der Waals surface area contributed by atoms with E-state index in [0.717, 1.165) is 26.6 Å². The lowest BCUT2D eigenvalue weighted by atomic mass is 10.2. The van der Waals surface area contributed by atoms with Gasteiger partial charge in [-0.05, 0) is 39.7 Å². The van der Waals surface area contributed by atoms with Crippen LogP contribution in [0.2, 0.25) is 0 Å². The SMILES string of the molecule is CC(C)NCc1cc(Br)cnc1OCc1cccc(Br)c1. The molecule has 0 saturated heterocycles. The molecule has 0 fully saturated rings. The van der Waals surface area contributed by atoms with Crippen molar-refractivity contribution in [3.8, 4) is 5.88 Å². The van der Waals surface area contributed by atoms with Crippen LogP contribution in [0.4, 0.5) is 0 Å². The average Bonchev–Trinajstić information content (AvgIpc) is 2.44. The maximum Gasteiger partial charge on any atom is 0.218 e. The Morgan fingerprint density at radius 3 is 2.71 bits per heavy atom. The van der Waals surface area contributed by atoms with Crippen molar-refractivity contribution in [2.24, 2.45) is 0 Å². The molecule has 2 rings (SSSR count). The molecule has 0 aliphatic heterocycles. The Morgan fingerprint density at radius 1 is 1.19 bits per heavy atom. The van der Waals surface area contributed by atoms with E-state index in [2.05, 4.69) is 56.0 Å². The third-order valence-corrected chi connectivity index (χ3v) is 3.78. The monoisotopic (exact) mass is 412 g/mol. The lowest BCUT2D eigenvalue weighted by molar-refractivity contribution is 0.289. The fourth-order valence-corrected chi connectivity index (χ4v) is 2.64. The molecule has 1 aromatic heterocycles. The van der Waals surface area contributed by atoms with Crippen LogP contribution in [0.15, 0.2) is 45.5 Å². The summed E-state index contributed by atoms with van der Waals surface area (Å²) in [5.74, 6) is 0.673. The summed E-state index contributed by atoms with van der Waals surface area (Å²) in [7, 11) is 0. The van der Waals surface area contributed by atoms with Crippen molar-refractivity contribution in [1.29, 1.82) is 0 Å². The van der Waals surface area contributed by atoms with Crippen molar-refractivity contribution in [1.82, 2.24) is 10.3 Å². The molecule has 0 atom stereocenters. The van der Waals surface area contributed by atoms with Gasteiger partial charge in [0.25, 0.3) is 0 Å². The highest BCUT2D eigenvalue weighted by molar-refractivity contribution is 9.10. The van der Waals surface area contributed by atoms with E-state index in [1.54, 1.807) is 6.20 Å². The molecule has 5 heteroatoms. The first-order chi connectivity index (χ1) is 10.0. The van der Waals surface area contributed by atoms with E-state index in [-0.39, 0.29) is 0 Å². The Kier molecular flexibility index (Phi) is 6.21. The maximum atomic E-state index is 5.87. The number of hydrogen-bond donors (Lipinski definition) is 1.